The highest BCUT2D eigenvalue weighted by Crippen LogP contribution is 2.28. The highest BCUT2D eigenvalue weighted by molar-refractivity contribution is 7.99. The van der Waals surface area contributed by atoms with Gasteiger partial charge in [0.15, 0.2) is 5.16 Å². The number of benzene rings is 1. The van der Waals surface area contributed by atoms with E-state index in [2.05, 4.69) is 21.4 Å². The van der Waals surface area contributed by atoms with Crippen molar-refractivity contribution in [3.63, 3.8) is 0 Å². The average molecular weight is 289 g/mol. The van der Waals surface area contributed by atoms with Gasteiger partial charge in [-0.3, -0.25) is 0 Å². The van der Waals surface area contributed by atoms with E-state index in [0.29, 0.717) is 6.61 Å². The molecule has 106 valence electrons. The molecule has 0 aliphatic heterocycles. The van der Waals surface area contributed by atoms with Gasteiger partial charge in [-0.2, -0.15) is 0 Å². The summed E-state index contributed by atoms with van der Waals surface area (Å²) in [6, 6.07) is 10.2. The number of ether oxygens (including phenoxy) is 1. The fourth-order valence-corrected chi connectivity index (χ4v) is 2.83. The highest BCUT2D eigenvalue weighted by Gasteiger charge is 2.15. The SMILES string of the molecule is CCOc1ccccc1C(CSc1ncccn1)NC. The highest BCUT2D eigenvalue weighted by atomic mass is 32.2. The maximum absolute atomic E-state index is 5.69. The Balaban J connectivity index is 2.08. The predicted molar refractivity (Wildman–Crippen MR) is 82.2 cm³/mol. The maximum Gasteiger partial charge on any atom is 0.187 e. The van der Waals surface area contributed by atoms with Gasteiger partial charge < -0.3 is 10.1 Å². The number of aromatic nitrogens is 2. The Bertz CT molecular complexity index is 522. The van der Waals surface area contributed by atoms with E-state index in [1.807, 2.05) is 38.2 Å². The van der Waals surface area contributed by atoms with E-state index in [0.717, 1.165) is 16.7 Å². The van der Waals surface area contributed by atoms with Gasteiger partial charge in [-0.05, 0) is 26.1 Å². The van der Waals surface area contributed by atoms with Crippen LogP contribution in [-0.4, -0.2) is 29.4 Å². The molecule has 0 saturated heterocycles. The summed E-state index contributed by atoms with van der Waals surface area (Å²) >= 11 is 1.63. The van der Waals surface area contributed by atoms with Gasteiger partial charge in [0.25, 0.3) is 0 Å². The lowest BCUT2D eigenvalue weighted by atomic mass is 10.1. The number of thioether (sulfide) groups is 1. The molecule has 20 heavy (non-hydrogen) atoms. The second-order valence-corrected chi connectivity index (χ2v) is 5.14. The van der Waals surface area contributed by atoms with Crippen molar-refractivity contribution in [3.8, 4) is 5.75 Å². The minimum absolute atomic E-state index is 0.201. The molecule has 5 heteroatoms. The molecule has 0 radical (unpaired) electrons. The van der Waals surface area contributed by atoms with E-state index in [9.17, 15) is 0 Å². The molecule has 1 atom stereocenters. The van der Waals surface area contributed by atoms with Crippen molar-refractivity contribution in [2.75, 3.05) is 19.4 Å². The smallest absolute Gasteiger partial charge is 0.187 e. The molecule has 0 aliphatic rings. The van der Waals surface area contributed by atoms with E-state index in [1.54, 1.807) is 24.2 Å². The molecule has 0 fully saturated rings. The predicted octanol–water partition coefficient (Wildman–Crippen LogP) is 2.93. The molecule has 2 rings (SSSR count). The van der Waals surface area contributed by atoms with Gasteiger partial charge >= 0.3 is 0 Å². The number of nitrogens with zero attached hydrogens (tertiary/aromatic N) is 2. The van der Waals surface area contributed by atoms with Gasteiger partial charge in [-0.1, -0.05) is 30.0 Å². The van der Waals surface area contributed by atoms with Crippen LogP contribution in [0.15, 0.2) is 47.9 Å². The van der Waals surface area contributed by atoms with Crippen LogP contribution >= 0.6 is 11.8 Å². The standard InChI is InChI=1S/C15H19N3OS/c1-3-19-14-8-5-4-7-12(14)13(16-2)11-20-15-17-9-6-10-18-15/h4-10,13,16H,3,11H2,1-2H3. The molecule has 1 aromatic heterocycles. The molecule has 1 aromatic carbocycles. The average Bonchev–Trinajstić information content (AvgIpc) is 2.51. The van der Waals surface area contributed by atoms with Crippen molar-refractivity contribution in [3.05, 3.63) is 48.3 Å². The summed E-state index contributed by atoms with van der Waals surface area (Å²) in [5, 5.41) is 4.12. The van der Waals surface area contributed by atoms with E-state index >= 15 is 0 Å². The third-order valence-electron chi connectivity index (χ3n) is 2.86. The molecule has 0 amide bonds. The fraction of sp³-hybridized carbons (Fsp3) is 0.333. The van der Waals surface area contributed by atoms with Crippen molar-refractivity contribution >= 4 is 11.8 Å². The summed E-state index contributed by atoms with van der Waals surface area (Å²) in [6.07, 6.45) is 3.52. The first-order chi connectivity index (χ1) is 9.85. The zero-order valence-electron chi connectivity index (χ0n) is 11.7. The minimum Gasteiger partial charge on any atom is -0.494 e. The molecule has 1 N–H and O–H groups in total. The summed E-state index contributed by atoms with van der Waals surface area (Å²) in [5.41, 5.74) is 1.17. The van der Waals surface area contributed by atoms with Crippen LogP contribution in [0.2, 0.25) is 0 Å². The summed E-state index contributed by atoms with van der Waals surface area (Å²) in [6.45, 7) is 2.67. The van der Waals surface area contributed by atoms with Crippen LogP contribution in [0.25, 0.3) is 0 Å². The topological polar surface area (TPSA) is 47.0 Å². The lowest BCUT2D eigenvalue weighted by molar-refractivity contribution is 0.333. The Morgan fingerprint density at radius 1 is 1.20 bits per heavy atom. The molecule has 0 spiro atoms. The summed E-state index contributed by atoms with van der Waals surface area (Å²) in [5.74, 6) is 1.79. The first-order valence-corrected chi connectivity index (χ1v) is 7.62. The molecule has 2 aromatic rings. The zero-order chi connectivity index (χ0) is 14.2. The Morgan fingerprint density at radius 3 is 2.65 bits per heavy atom. The monoisotopic (exact) mass is 289 g/mol. The quantitative estimate of drug-likeness (QED) is 0.627. The molecule has 4 nitrogen and oxygen atoms in total. The Kier molecular flexibility index (Phi) is 5.83. The molecule has 1 heterocycles. The van der Waals surface area contributed by atoms with Gasteiger partial charge in [0, 0.05) is 29.8 Å². The molecular formula is C15H19N3OS. The second kappa shape index (κ2) is 7.87. The number of hydrogen-bond donors (Lipinski definition) is 1. The van der Waals surface area contributed by atoms with Crippen molar-refractivity contribution in [1.29, 1.82) is 0 Å². The Hall–Kier alpha value is -1.59. The number of nitrogens with one attached hydrogen (secondary N) is 1. The molecule has 1 unspecified atom stereocenters. The van der Waals surface area contributed by atoms with Crippen LogP contribution < -0.4 is 10.1 Å². The third kappa shape index (κ3) is 3.95. The Morgan fingerprint density at radius 2 is 1.95 bits per heavy atom. The second-order valence-electron chi connectivity index (χ2n) is 4.15. The lowest BCUT2D eigenvalue weighted by Gasteiger charge is -2.19. The van der Waals surface area contributed by atoms with Gasteiger partial charge in [0.05, 0.1) is 6.61 Å². The van der Waals surface area contributed by atoms with E-state index in [1.165, 1.54) is 5.56 Å². The van der Waals surface area contributed by atoms with Crippen LogP contribution in [0.1, 0.15) is 18.5 Å². The van der Waals surface area contributed by atoms with Crippen molar-refractivity contribution in [2.24, 2.45) is 0 Å². The van der Waals surface area contributed by atoms with Crippen molar-refractivity contribution < 1.29 is 4.74 Å². The molecule has 0 saturated carbocycles. The third-order valence-corrected chi connectivity index (χ3v) is 3.83. The number of hydrogen-bond acceptors (Lipinski definition) is 5. The first-order valence-electron chi connectivity index (χ1n) is 6.64. The van der Waals surface area contributed by atoms with Gasteiger partial charge in [-0.25, -0.2) is 9.97 Å². The van der Waals surface area contributed by atoms with E-state index in [4.69, 9.17) is 4.74 Å². The van der Waals surface area contributed by atoms with E-state index < -0.39 is 0 Å². The molecule has 0 bridgehead atoms. The summed E-state index contributed by atoms with van der Waals surface area (Å²) in [7, 11) is 1.96. The first kappa shape index (κ1) is 14.8. The van der Waals surface area contributed by atoms with Gasteiger partial charge in [-0.15, -0.1) is 0 Å². The van der Waals surface area contributed by atoms with E-state index in [-0.39, 0.29) is 6.04 Å². The molecular weight excluding hydrogens is 270 g/mol. The lowest BCUT2D eigenvalue weighted by Crippen LogP contribution is -2.19. The van der Waals surface area contributed by atoms with Crippen LogP contribution in [0.5, 0.6) is 5.75 Å². The largest absolute Gasteiger partial charge is 0.494 e. The molecule has 0 aliphatic carbocycles. The zero-order valence-corrected chi connectivity index (χ0v) is 12.6. The summed E-state index contributed by atoms with van der Waals surface area (Å²) < 4.78 is 5.69. The van der Waals surface area contributed by atoms with Crippen LogP contribution in [0, 0.1) is 0 Å². The van der Waals surface area contributed by atoms with Crippen LogP contribution in [-0.2, 0) is 0 Å². The minimum atomic E-state index is 0.201. The normalized spacial score (nSPS) is 12.1. The van der Waals surface area contributed by atoms with Gasteiger partial charge in [0.1, 0.15) is 5.75 Å². The fourth-order valence-electron chi connectivity index (χ4n) is 1.90. The Labute approximate surface area is 124 Å². The number of rotatable bonds is 7. The van der Waals surface area contributed by atoms with Crippen LogP contribution in [0.3, 0.4) is 0 Å². The number of para-hydroxylation sites is 1. The van der Waals surface area contributed by atoms with Gasteiger partial charge in [0.2, 0.25) is 0 Å². The van der Waals surface area contributed by atoms with Crippen LogP contribution in [0.4, 0.5) is 0 Å². The summed E-state index contributed by atoms with van der Waals surface area (Å²) in [4.78, 5) is 8.46. The maximum atomic E-state index is 5.69. The van der Waals surface area contributed by atoms with Crippen molar-refractivity contribution in [2.45, 2.75) is 18.1 Å². The van der Waals surface area contributed by atoms with Crippen molar-refractivity contribution in [1.82, 2.24) is 15.3 Å².